The van der Waals surface area contributed by atoms with Crippen molar-refractivity contribution in [2.45, 2.75) is 26.3 Å². The molecule has 4 heterocycles. The summed E-state index contributed by atoms with van der Waals surface area (Å²) in [6, 6.07) is 9.32. The number of nitrogens with one attached hydrogen (secondary N) is 1. The maximum absolute atomic E-state index is 13.4. The Hall–Kier alpha value is -3.75. The van der Waals surface area contributed by atoms with E-state index in [0.717, 1.165) is 32.8 Å². The molecule has 1 fully saturated rings. The van der Waals surface area contributed by atoms with E-state index in [2.05, 4.69) is 38.2 Å². The Morgan fingerprint density at radius 3 is 2.68 bits per heavy atom. The molecule has 0 radical (unpaired) electrons. The van der Waals surface area contributed by atoms with Crippen molar-refractivity contribution < 1.29 is 24.1 Å². The second-order valence-corrected chi connectivity index (χ2v) is 11.2. The molecule has 0 bridgehead atoms. The molecule has 38 heavy (non-hydrogen) atoms. The van der Waals surface area contributed by atoms with Crippen LogP contribution >= 0.6 is 11.3 Å². The van der Waals surface area contributed by atoms with E-state index in [1.54, 1.807) is 19.2 Å². The number of morpholine rings is 1. The first-order valence-corrected chi connectivity index (χ1v) is 13.5. The van der Waals surface area contributed by atoms with Gasteiger partial charge in [0.1, 0.15) is 11.5 Å². The molecule has 0 aliphatic carbocycles. The lowest BCUT2D eigenvalue weighted by Crippen LogP contribution is -2.40. The molecule has 196 valence electrons. The Morgan fingerprint density at radius 2 is 1.92 bits per heavy atom. The first kappa shape index (κ1) is 24.6. The fourth-order valence-corrected chi connectivity index (χ4v) is 6.42. The van der Waals surface area contributed by atoms with Crippen molar-refractivity contribution in [2.24, 2.45) is 0 Å². The van der Waals surface area contributed by atoms with Crippen LogP contribution in [0.3, 0.4) is 0 Å². The van der Waals surface area contributed by atoms with E-state index in [1.807, 2.05) is 28.5 Å². The Morgan fingerprint density at radius 1 is 1.13 bits per heavy atom. The average molecular weight is 531 g/mol. The molecular weight excluding hydrogens is 500 g/mol. The number of thiophene rings is 1. The Labute approximate surface area is 226 Å². The first-order valence-electron chi connectivity index (χ1n) is 12.7. The van der Waals surface area contributed by atoms with Crippen LogP contribution in [-0.2, 0) is 4.74 Å². The summed E-state index contributed by atoms with van der Waals surface area (Å²) in [7, 11) is 1.54. The molecular formula is C30H30N2O5S. The highest BCUT2D eigenvalue weighted by Gasteiger charge is 2.34. The number of hydrogen-bond donors (Lipinski definition) is 2. The molecule has 2 aromatic carbocycles. The van der Waals surface area contributed by atoms with Crippen molar-refractivity contribution in [3.05, 3.63) is 63.4 Å². The molecule has 7 nitrogen and oxygen atoms in total. The molecule has 1 saturated heterocycles. The Balaban J connectivity index is 1.55. The third-order valence-corrected chi connectivity index (χ3v) is 8.02. The average Bonchev–Trinajstić information content (AvgIpc) is 3.36. The van der Waals surface area contributed by atoms with Gasteiger partial charge in [-0.3, -0.25) is 4.79 Å². The molecule has 1 aromatic heterocycles. The highest BCUT2D eigenvalue weighted by atomic mass is 32.1. The minimum absolute atomic E-state index is 0.000919. The zero-order valence-electron chi connectivity index (χ0n) is 21.9. The number of fused-ring (bicyclic) bond motifs is 5. The molecule has 1 amide bonds. The lowest BCUT2D eigenvalue weighted by Gasteiger charge is -2.35. The summed E-state index contributed by atoms with van der Waals surface area (Å²) >= 11 is 1.51. The van der Waals surface area contributed by atoms with Gasteiger partial charge in [-0.2, -0.15) is 0 Å². The van der Waals surface area contributed by atoms with Crippen LogP contribution in [0.5, 0.6) is 17.2 Å². The molecule has 3 aromatic rings. The fourth-order valence-electron chi connectivity index (χ4n) is 5.61. The molecule has 3 aliphatic rings. The summed E-state index contributed by atoms with van der Waals surface area (Å²) in [5, 5.41) is 16.1. The minimum atomic E-state index is -0.204. The van der Waals surface area contributed by atoms with Crippen LogP contribution in [0.25, 0.3) is 28.5 Å². The number of benzene rings is 2. The van der Waals surface area contributed by atoms with E-state index in [4.69, 9.17) is 14.2 Å². The zero-order valence-corrected chi connectivity index (χ0v) is 22.7. The predicted molar refractivity (Wildman–Crippen MR) is 151 cm³/mol. The van der Waals surface area contributed by atoms with Crippen LogP contribution in [0, 0.1) is 0 Å². The third kappa shape index (κ3) is 4.04. The van der Waals surface area contributed by atoms with E-state index >= 15 is 0 Å². The molecule has 0 spiro atoms. The van der Waals surface area contributed by atoms with Crippen LogP contribution in [0.15, 0.2) is 41.8 Å². The number of methoxy groups -OCH3 is 1. The number of phenolic OH excluding ortho intramolecular Hbond substituents is 1. The van der Waals surface area contributed by atoms with Crippen molar-refractivity contribution in [2.75, 3.05) is 38.7 Å². The molecule has 3 aliphatic heterocycles. The Bertz CT molecular complexity index is 1510. The number of nitrogens with zero attached hydrogens (tertiary/aromatic N) is 1. The summed E-state index contributed by atoms with van der Waals surface area (Å²) in [6.45, 7) is 8.65. The highest BCUT2D eigenvalue weighted by molar-refractivity contribution is 7.11. The van der Waals surface area contributed by atoms with E-state index in [-0.39, 0.29) is 17.2 Å². The number of carbonyl (C=O) groups is 1. The molecule has 6 rings (SSSR count). The van der Waals surface area contributed by atoms with E-state index in [9.17, 15) is 9.90 Å². The van der Waals surface area contributed by atoms with Gasteiger partial charge in [0.15, 0.2) is 11.5 Å². The summed E-state index contributed by atoms with van der Waals surface area (Å²) in [4.78, 5) is 16.1. The SMILES string of the molecule is COc1c(O)ccc2c1-c1ccc3c(c1C(=Cc1sccc1C(=O)N1CCOCC1)O2)C(C)=CC(C)(C)N3. The quantitative estimate of drug-likeness (QED) is 0.426. The standard InChI is InChI=1S/C30H30N2O5S/c1-17-16-30(2,3)31-20-6-5-19-26(25(17)20)23(37-22-8-7-21(33)28(35-4)27(19)22)15-24-18(9-14-38-24)29(34)32-10-12-36-13-11-32/h5-9,14-16,31,33H,10-13H2,1-4H3. The summed E-state index contributed by atoms with van der Waals surface area (Å²) in [6.07, 6.45) is 4.17. The fraction of sp³-hybridized carbons (Fsp3) is 0.300. The number of phenols is 1. The largest absolute Gasteiger partial charge is 0.504 e. The van der Waals surface area contributed by atoms with Crippen molar-refractivity contribution >= 4 is 40.3 Å². The summed E-state index contributed by atoms with van der Waals surface area (Å²) in [5.74, 6) is 1.65. The van der Waals surface area contributed by atoms with Crippen LogP contribution in [0.2, 0.25) is 0 Å². The van der Waals surface area contributed by atoms with Crippen LogP contribution in [-0.4, -0.2) is 54.9 Å². The number of allylic oxidation sites excluding steroid dienone is 1. The lowest BCUT2D eigenvalue weighted by molar-refractivity contribution is 0.0303. The van der Waals surface area contributed by atoms with E-state index in [1.165, 1.54) is 11.3 Å². The van der Waals surface area contributed by atoms with Crippen LogP contribution < -0.4 is 14.8 Å². The lowest BCUT2D eigenvalue weighted by atomic mass is 9.83. The van der Waals surface area contributed by atoms with Gasteiger partial charge >= 0.3 is 0 Å². The molecule has 8 heteroatoms. The number of ether oxygens (including phenoxy) is 3. The van der Waals surface area contributed by atoms with Gasteiger partial charge in [0.2, 0.25) is 0 Å². The van der Waals surface area contributed by atoms with Crippen LogP contribution in [0.4, 0.5) is 5.69 Å². The molecule has 2 N–H and O–H groups in total. The van der Waals surface area contributed by atoms with Gasteiger partial charge in [-0.25, -0.2) is 0 Å². The normalized spacial score (nSPS) is 18.5. The summed E-state index contributed by atoms with van der Waals surface area (Å²) in [5.41, 5.74) is 6.10. The second-order valence-electron chi connectivity index (χ2n) is 10.3. The zero-order chi connectivity index (χ0) is 26.6. The number of anilines is 1. The topological polar surface area (TPSA) is 80.3 Å². The highest BCUT2D eigenvalue weighted by Crippen LogP contribution is 2.54. The number of aromatic hydroxyl groups is 1. The van der Waals surface area contributed by atoms with Gasteiger partial charge in [-0.15, -0.1) is 11.3 Å². The number of carbonyl (C=O) groups excluding carboxylic acids is 1. The first-order chi connectivity index (χ1) is 18.3. The summed E-state index contributed by atoms with van der Waals surface area (Å²) < 4.78 is 17.6. The minimum Gasteiger partial charge on any atom is -0.504 e. The van der Waals surface area contributed by atoms with Crippen molar-refractivity contribution in [1.29, 1.82) is 0 Å². The van der Waals surface area contributed by atoms with Gasteiger partial charge in [-0.1, -0.05) is 12.1 Å². The van der Waals surface area contributed by atoms with E-state index in [0.29, 0.717) is 54.7 Å². The third-order valence-electron chi connectivity index (χ3n) is 7.16. The van der Waals surface area contributed by atoms with Crippen molar-refractivity contribution in [3.63, 3.8) is 0 Å². The second kappa shape index (κ2) is 9.22. The Kier molecular flexibility index (Phi) is 5.96. The smallest absolute Gasteiger partial charge is 0.255 e. The maximum atomic E-state index is 13.4. The van der Waals surface area contributed by atoms with Gasteiger partial charge in [-0.05, 0) is 62.1 Å². The molecule has 0 atom stereocenters. The van der Waals surface area contributed by atoms with E-state index < -0.39 is 0 Å². The number of amides is 1. The number of hydrogen-bond acceptors (Lipinski definition) is 7. The van der Waals surface area contributed by atoms with Gasteiger partial charge < -0.3 is 29.5 Å². The monoisotopic (exact) mass is 530 g/mol. The predicted octanol–water partition coefficient (Wildman–Crippen LogP) is 6.10. The van der Waals surface area contributed by atoms with Gasteiger partial charge in [0.05, 0.1) is 37.0 Å². The van der Waals surface area contributed by atoms with Gasteiger partial charge in [0.25, 0.3) is 5.91 Å². The maximum Gasteiger partial charge on any atom is 0.255 e. The number of rotatable bonds is 3. The molecule has 0 saturated carbocycles. The van der Waals surface area contributed by atoms with Crippen molar-refractivity contribution in [3.8, 4) is 28.4 Å². The van der Waals surface area contributed by atoms with Crippen molar-refractivity contribution in [1.82, 2.24) is 4.90 Å². The van der Waals surface area contributed by atoms with Crippen LogP contribution in [0.1, 0.15) is 47.1 Å². The van der Waals surface area contributed by atoms with Gasteiger partial charge in [0, 0.05) is 40.3 Å². The molecule has 0 unspecified atom stereocenters.